The van der Waals surface area contributed by atoms with E-state index in [4.69, 9.17) is 9.47 Å². The molecule has 0 unspecified atom stereocenters. The zero-order valence-corrected chi connectivity index (χ0v) is 24.2. The van der Waals surface area contributed by atoms with Gasteiger partial charge in [-0.2, -0.15) is 0 Å². The number of rotatable bonds is 8. The van der Waals surface area contributed by atoms with Crippen LogP contribution in [0.15, 0.2) is 97.1 Å². The molecule has 0 bridgehead atoms. The normalized spacial score (nSPS) is 15.0. The van der Waals surface area contributed by atoms with Crippen LogP contribution in [-0.4, -0.2) is 0 Å². The van der Waals surface area contributed by atoms with Gasteiger partial charge in [0, 0.05) is 16.5 Å². The second-order valence-corrected chi connectivity index (χ2v) is 10.9. The lowest BCUT2D eigenvalue weighted by Gasteiger charge is -2.40. The fourth-order valence-corrected chi connectivity index (χ4v) is 6.35. The minimum Gasteiger partial charge on any atom is -0.457 e. The van der Waals surface area contributed by atoms with Crippen molar-refractivity contribution in [1.82, 2.24) is 0 Å². The van der Waals surface area contributed by atoms with Crippen molar-refractivity contribution in [3.8, 4) is 23.0 Å². The summed E-state index contributed by atoms with van der Waals surface area (Å²) in [6, 6.07) is 29.7. The summed E-state index contributed by atoms with van der Waals surface area (Å²) in [6.45, 7) is 8.54. The Hall–Kier alpha value is -4.04. The predicted molar refractivity (Wildman–Crippen MR) is 169 cm³/mol. The summed E-state index contributed by atoms with van der Waals surface area (Å²) in [4.78, 5) is 0. The van der Waals surface area contributed by atoms with Crippen molar-refractivity contribution in [2.45, 2.75) is 65.2 Å². The highest BCUT2D eigenvalue weighted by molar-refractivity contribution is 5.59. The fourth-order valence-electron chi connectivity index (χ4n) is 6.35. The van der Waals surface area contributed by atoms with E-state index in [2.05, 4.69) is 74.5 Å². The van der Waals surface area contributed by atoms with Gasteiger partial charge >= 0.3 is 0 Å². The van der Waals surface area contributed by atoms with Crippen LogP contribution in [0.5, 0.6) is 23.0 Å². The molecule has 0 saturated heterocycles. The molecular formula is C38H40O2. The molecule has 2 heteroatoms. The van der Waals surface area contributed by atoms with Crippen molar-refractivity contribution < 1.29 is 9.47 Å². The number of hydrogen-bond donors (Lipinski definition) is 0. The minimum atomic E-state index is -0.00477. The Morgan fingerprint density at radius 2 is 1.02 bits per heavy atom. The van der Waals surface area contributed by atoms with Crippen molar-refractivity contribution in [2.75, 3.05) is 0 Å². The molecule has 2 nitrogen and oxygen atoms in total. The lowest BCUT2D eigenvalue weighted by atomic mass is 9.63. The van der Waals surface area contributed by atoms with E-state index in [1.54, 1.807) is 0 Å². The summed E-state index contributed by atoms with van der Waals surface area (Å²) >= 11 is 0. The molecule has 0 amide bonds. The largest absolute Gasteiger partial charge is 0.457 e. The lowest BCUT2D eigenvalue weighted by molar-refractivity contribution is 0.342. The first-order valence-electron chi connectivity index (χ1n) is 14.6. The van der Waals surface area contributed by atoms with Crippen molar-refractivity contribution in [2.24, 2.45) is 0 Å². The maximum Gasteiger partial charge on any atom is 0.134 e. The lowest BCUT2D eigenvalue weighted by Crippen LogP contribution is -2.32. The molecule has 1 aliphatic rings. The molecule has 1 fully saturated rings. The highest BCUT2D eigenvalue weighted by Gasteiger charge is 2.38. The molecule has 5 rings (SSSR count). The van der Waals surface area contributed by atoms with Crippen molar-refractivity contribution in [1.29, 1.82) is 0 Å². The van der Waals surface area contributed by atoms with Crippen LogP contribution in [0.4, 0.5) is 0 Å². The van der Waals surface area contributed by atoms with Crippen LogP contribution < -0.4 is 9.47 Å². The topological polar surface area (TPSA) is 18.5 Å². The summed E-state index contributed by atoms with van der Waals surface area (Å²) in [5, 5.41) is 0. The third kappa shape index (κ3) is 5.77. The third-order valence-electron chi connectivity index (χ3n) is 8.12. The third-order valence-corrected chi connectivity index (χ3v) is 8.12. The summed E-state index contributed by atoms with van der Waals surface area (Å²) in [5.74, 6) is 3.51. The highest BCUT2D eigenvalue weighted by atomic mass is 16.5. The van der Waals surface area contributed by atoms with E-state index in [1.807, 2.05) is 62.4 Å². The molecule has 0 N–H and O–H groups in total. The molecule has 0 heterocycles. The van der Waals surface area contributed by atoms with E-state index < -0.39 is 0 Å². The Morgan fingerprint density at radius 3 is 1.45 bits per heavy atom. The van der Waals surface area contributed by atoms with Crippen LogP contribution in [0.2, 0.25) is 0 Å². The number of ether oxygens (including phenoxy) is 2. The van der Waals surface area contributed by atoms with Gasteiger partial charge in [0.25, 0.3) is 0 Å². The van der Waals surface area contributed by atoms with E-state index in [-0.39, 0.29) is 5.41 Å². The average Bonchev–Trinajstić information content (AvgIpc) is 2.96. The van der Waals surface area contributed by atoms with E-state index in [1.165, 1.54) is 41.5 Å². The Labute approximate surface area is 240 Å². The van der Waals surface area contributed by atoms with Gasteiger partial charge in [-0.1, -0.05) is 92.1 Å². The number of aryl methyl sites for hydroxylation is 2. The number of allylic oxidation sites excluding steroid dienone is 2. The smallest absolute Gasteiger partial charge is 0.134 e. The summed E-state index contributed by atoms with van der Waals surface area (Å²) in [6.07, 6.45) is 14.3. The molecule has 4 aromatic carbocycles. The van der Waals surface area contributed by atoms with Crippen LogP contribution in [0.3, 0.4) is 0 Å². The second kappa shape index (κ2) is 12.4. The van der Waals surface area contributed by atoms with Gasteiger partial charge in [0.05, 0.1) is 0 Å². The minimum absolute atomic E-state index is 0.00477. The summed E-state index contributed by atoms with van der Waals surface area (Å²) in [5.41, 5.74) is 7.55. The number of hydrogen-bond acceptors (Lipinski definition) is 2. The van der Waals surface area contributed by atoms with E-state index >= 15 is 0 Å². The molecule has 204 valence electrons. The fraction of sp³-hybridized carbons (Fsp3) is 0.263. The van der Waals surface area contributed by atoms with Gasteiger partial charge in [-0.3, -0.25) is 0 Å². The number of benzene rings is 4. The Bertz CT molecular complexity index is 1410. The van der Waals surface area contributed by atoms with E-state index in [0.717, 1.165) is 47.0 Å². The second-order valence-electron chi connectivity index (χ2n) is 10.9. The monoisotopic (exact) mass is 528 g/mol. The van der Waals surface area contributed by atoms with Crippen LogP contribution >= 0.6 is 0 Å². The zero-order chi connectivity index (χ0) is 28.0. The van der Waals surface area contributed by atoms with E-state index in [9.17, 15) is 0 Å². The predicted octanol–water partition coefficient (Wildman–Crippen LogP) is 11.2. The molecule has 0 aromatic heterocycles. The summed E-state index contributed by atoms with van der Waals surface area (Å²) < 4.78 is 12.7. The molecule has 40 heavy (non-hydrogen) atoms. The van der Waals surface area contributed by atoms with Gasteiger partial charge in [0.2, 0.25) is 0 Å². The van der Waals surface area contributed by atoms with Gasteiger partial charge in [-0.25, -0.2) is 0 Å². The van der Waals surface area contributed by atoms with Gasteiger partial charge in [-0.15, -0.1) is 0 Å². The molecule has 1 aliphatic carbocycles. The maximum atomic E-state index is 6.37. The van der Waals surface area contributed by atoms with Crippen LogP contribution in [0.25, 0.3) is 12.2 Å². The van der Waals surface area contributed by atoms with Crippen LogP contribution in [-0.2, 0) is 5.41 Å². The maximum absolute atomic E-state index is 6.37. The van der Waals surface area contributed by atoms with Gasteiger partial charge in [-0.05, 0) is 99.2 Å². The first-order valence-corrected chi connectivity index (χ1v) is 14.6. The Kier molecular flexibility index (Phi) is 8.55. The standard InChI is InChI=1S/C38H40O2/c1-5-14-30-16-8-10-18-36(30)39-32-20-22-34(28(3)26-32)38(24-12-7-13-25-38)35-23-21-33(27-29(35)4)40-37-19-11-9-17-31(37)15-6-2/h5-6,8-11,14-23,26-27H,7,12-13,24-25H2,1-4H3. The van der Waals surface area contributed by atoms with Crippen LogP contribution in [0.1, 0.15) is 79.3 Å². The van der Waals surface area contributed by atoms with Crippen molar-refractivity contribution >= 4 is 12.2 Å². The first-order chi connectivity index (χ1) is 19.5. The van der Waals surface area contributed by atoms with Crippen molar-refractivity contribution in [3.05, 3.63) is 130 Å². The zero-order valence-electron chi connectivity index (χ0n) is 24.2. The highest BCUT2D eigenvalue weighted by Crippen LogP contribution is 2.48. The molecular weight excluding hydrogens is 488 g/mol. The summed E-state index contributed by atoms with van der Waals surface area (Å²) in [7, 11) is 0. The molecule has 4 aromatic rings. The van der Waals surface area contributed by atoms with Gasteiger partial charge in [0.1, 0.15) is 23.0 Å². The SMILES string of the molecule is CC=Cc1ccccc1Oc1ccc(C2(c3ccc(Oc4ccccc4C=CC)cc3C)CCCCC2)c(C)c1. The van der Waals surface area contributed by atoms with Crippen molar-refractivity contribution in [3.63, 3.8) is 0 Å². The van der Waals surface area contributed by atoms with E-state index in [0.29, 0.717) is 0 Å². The molecule has 0 aliphatic heterocycles. The Morgan fingerprint density at radius 1 is 0.575 bits per heavy atom. The quantitative estimate of drug-likeness (QED) is 0.226. The molecule has 0 spiro atoms. The first kappa shape index (κ1) is 27.5. The Balaban J connectivity index is 1.47. The van der Waals surface area contributed by atoms with Crippen LogP contribution in [0, 0.1) is 13.8 Å². The molecule has 0 radical (unpaired) electrons. The van der Waals surface area contributed by atoms with Gasteiger partial charge < -0.3 is 9.47 Å². The number of para-hydroxylation sites is 2. The molecule has 0 atom stereocenters. The van der Waals surface area contributed by atoms with Gasteiger partial charge in [0.15, 0.2) is 0 Å². The molecule has 1 saturated carbocycles. The average molecular weight is 529 g/mol.